The lowest BCUT2D eigenvalue weighted by Gasteiger charge is -2.22. The second-order valence-electron chi connectivity index (χ2n) is 5.90. The van der Waals surface area contributed by atoms with E-state index in [0.29, 0.717) is 18.2 Å². The normalized spacial score (nSPS) is 16.3. The Bertz CT molecular complexity index is 701. The molecule has 120 valence electrons. The lowest BCUT2D eigenvalue weighted by molar-refractivity contribution is 0.0948. The van der Waals surface area contributed by atoms with Gasteiger partial charge in [0.2, 0.25) is 5.95 Å². The molecule has 5 heteroatoms. The number of aromatic nitrogens is 2. The van der Waals surface area contributed by atoms with E-state index >= 15 is 0 Å². The summed E-state index contributed by atoms with van der Waals surface area (Å²) in [6.45, 7) is 4.93. The quantitative estimate of drug-likeness (QED) is 0.862. The number of amides is 1. The van der Waals surface area contributed by atoms with Gasteiger partial charge >= 0.3 is 0 Å². The Morgan fingerprint density at radius 2 is 2.17 bits per heavy atom. The number of nitrogens with zero attached hydrogens (tertiary/aromatic N) is 3. The number of carbonyl (C=O) groups excluding carboxylic acids is 1. The van der Waals surface area contributed by atoms with Crippen molar-refractivity contribution in [2.24, 2.45) is 0 Å². The minimum absolute atomic E-state index is 0.137. The van der Waals surface area contributed by atoms with Crippen LogP contribution in [0.5, 0.6) is 0 Å². The highest BCUT2D eigenvalue weighted by Gasteiger charge is 2.28. The fourth-order valence-electron chi connectivity index (χ4n) is 2.93. The van der Waals surface area contributed by atoms with Crippen molar-refractivity contribution in [1.29, 1.82) is 0 Å². The average molecular weight is 310 g/mol. The summed E-state index contributed by atoms with van der Waals surface area (Å²) in [5, 5.41) is 2.90. The van der Waals surface area contributed by atoms with Gasteiger partial charge in [0.25, 0.3) is 5.91 Å². The standard InChI is InChI=1S/C18H22N4O/c1-3-4-10-19-17(23)15-9-11-20-18(21-15)22-13(2)12-14-7-5-6-8-16(14)22/h5-9,11,13H,3-4,10,12H2,1-2H3,(H,19,23). The van der Waals surface area contributed by atoms with Crippen molar-refractivity contribution in [3.8, 4) is 0 Å². The summed E-state index contributed by atoms with van der Waals surface area (Å²) in [7, 11) is 0. The van der Waals surface area contributed by atoms with Crippen LogP contribution in [0.25, 0.3) is 0 Å². The van der Waals surface area contributed by atoms with Gasteiger partial charge in [-0.2, -0.15) is 0 Å². The maximum absolute atomic E-state index is 12.2. The van der Waals surface area contributed by atoms with E-state index in [9.17, 15) is 4.79 Å². The maximum atomic E-state index is 12.2. The van der Waals surface area contributed by atoms with Crippen molar-refractivity contribution >= 4 is 17.5 Å². The lowest BCUT2D eigenvalue weighted by Crippen LogP contribution is -2.29. The Morgan fingerprint density at radius 1 is 1.35 bits per heavy atom. The third-order valence-electron chi connectivity index (χ3n) is 4.11. The second kappa shape index (κ2) is 6.77. The number of hydrogen-bond donors (Lipinski definition) is 1. The topological polar surface area (TPSA) is 58.1 Å². The van der Waals surface area contributed by atoms with Crippen molar-refractivity contribution in [2.45, 2.75) is 39.2 Å². The van der Waals surface area contributed by atoms with Gasteiger partial charge in [0.1, 0.15) is 5.69 Å². The summed E-state index contributed by atoms with van der Waals surface area (Å²) < 4.78 is 0. The van der Waals surface area contributed by atoms with Crippen molar-refractivity contribution in [3.05, 3.63) is 47.8 Å². The molecule has 1 aromatic heterocycles. The Hall–Kier alpha value is -2.43. The zero-order chi connectivity index (χ0) is 16.2. The fourth-order valence-corrected chi connectivity index (χ4v) is 2.93. The number of benzene rings is 1. The Morgan fingerprint density at radius 3 is 3.00 bits per heavy atom. The predicted molar refractivity (Wildman–Crippen MR) is 91.0 cm³/mol. The van der Waals surface area contributed by atoms with Gasteiger partial charge in [-0.15, -0.1) is 0 Å². The van der Waals surface area contributed by atoms with Crippen LogP contribution in [0.15, 0.2) is 36.5 Å². The van der Waals surface area contributed by atoms with E-state index in [0.717, 1.165) is 24.9 Å². The fraction of sp³-hybridized carbons (Fsp3) is 0.389. The first kappa shape index (κ1) is 15.5. The van der Waals surface area contributed by atoms with E-state index in [2.05, 4.69) is 46.2 Å². The van der Waals surface area contributed by atoms with Crippen LogP contribution >= 0.6 is 0 Å². The smallest absolute Gasteiger partial charge is 0.270 e. The Balaban J connectivity index is 1.84. The first-order valence-electron chi connectivity index (χ1n) is 8.19. The maximum Gasteiger partial charge on any atom is 0.270 e. The molecule has 5 nitrogen and oxygen atoms in total. The second-order valence-corrected chi connectivity index (χ2v) is 5.90. The third-order valence-corrected chi connectivity index (χ3v) is 4.11. The van der Waals surface area contributed by atoms with E-state index in [4.69, 9.17) is 0 Å². The highest BCUT2D eigenvalue weighted by molar-refractivity contribution is 5.92. The van der Waals surface area contributed by atoms with Gasteiger partial charge in [0, 0.05) is 24.5 Å². The van der Waals surface area contributed by atoms with Crippen LogP contribution in [-0.2, 0) is 6.42 Å². The number of nitrogens with one attached hydrogen (secondary N) is 1. The van der Waals surface area contributed by atoms with Crippen LogP contribution in [0.4, 0.5) is 11.6 Å². The molecule has 1 aliphatic heterocycles. The molecular formula is C18H22N4O. The van der Waals surface area contributed by atoms with E-state index in [1.165, 1.54) is 5.56 Å². The summed E-state index contributed by atoms with van der Waals surface area (Å²) in [6.07, 6.45) is 4.65. The molecule has 1 aliphatic rings. The molecule has 0 saturated heterocycles. The van der Waals surface area contributed by atoms with E-state index < -0.39 is 0 Å². The monoisotopic (exact) mass is 310 g/mol. The number of para-hydroxylation sites is 1. The van der Waals surface area contributed by atoms with E-state index in [1.807, 2.05) is 12.1 Å². The molecule has 1 amide bonds. The lowest BCUT2D eigenvalue weighted by atomic mass is 10.1. The third kappa shape index (κ3) is 3.18. The molecule has 2 aromatic rings. The summed E-state index contributed by atoms with van der Waals surface area (Å²) >= 11 is 0. The number of hydrogen-bond acceptors (Lipinski definition) is 4. The highest BCUT2D eigenvalue weighted by Crippen LogP contribution is 2.36. The molecule has 0 aliphatic carbocycles. The van der Waals surface area contributed by atoms with Crippen LogP contribution in [0.3, 0.4) is 0 Å². The molecule has 23 heavy (non-hydrogen) atoms. The van der Waals surface area contributed by atoms with Crippen LogP contribution in [0.2, 0.25) is 0 Å². The molecule has 1 unspecified atom stereocenters. The number of fused-ring (bicyclic) bond motifs is 1. The molecular weight excluding hydrogens is 288 g/mol. The SMILES string of the molecule is CCCCNC(=O)c1ccnc(N2c3ccccc3CC2C)n1. The Labute approximate surface area is 136 Å². The molecule has 1 N–H and O–H groups in total. The van der Waals surface area contributed by atoms with E-state index in [-0.39, 0.29) is 11.9 Å². The van der Waals surface area contributed by atoms with E-state index in [1.54, 1.807) is 12.3 Å². The first-order valence-corrected chi connectivity index (χ1v) is 8.19. The highest BCUT2D eigenvalue weighted by atomic mass is 16.1. The minimum atomic E-state index is -0.137. The van der Waals surface area contributed by atoms with Crippen LogP contribution in [0.1, 0.15) is 42.7 Å². The van der Waals surface area contributed by atoms with Crippen molar-refractivity contribution in [3.63, 3.8) is 0 Å². The van der Waals surface area contributed by atoms with Crippen molar-refractivity contribution in [1.82, 2.24) is 15.3 Å². The average Bonchev–Trinajstić information content (AvgIpc) is 2.91. The summed E-state index contributed by atoms with van der Waals surface area (Å²) in [5.74, 6) is 0.452. The summed E-state index contributed by atoms with van der Waals surface area (Å²) in [4.78, 5) is 23.2. The summed E-state index contributed by atoms with van der Waals surface area (Å²) in [5.41, 5.74) is 2.84. The Kier molecular flexibility index (Phi) is 4.55. The molecule has 0 bridgehead atoms. The first-order chi connectivity index (χ1) is 11.2. The zero-order valence-electron chi connectivity index (χ0n) is 13.6. The van der Waals surface area contributed by atoms with Gasteiger partial charge < -0.3 is 10.2 Å². The van der Waals surface area contributed by atoms with Gasteiger partial charge in [0.05, 0.1) is 0 Å². The molecule has 1 atom stereocenters. The van der Waals surface area contributed by atoms with Crippen molar-refractivity contribution < 1.29 is 4.79 Å². The van der Waals surface area contributed by atoms with Gasteiger partial charge in [-0.25, -0.2) is 9.97 Å². The van der Waals surface area contributed by atoms with Crippen molar-refractivity contribution in [2.75, 3.05) is 11.4 Å². The molecule has 1 aromatic carbocycles. The van der Waals surface area contributed by atoms with Gasteiger partial charge in [-0.1, -0.05) is 31.5 Å². The molecule has 0 radical (unpaired) electrons. The number of unbranched alkanes of at least 4 members (excludes halogenated alkanes) is 1. The van der Waals surface area contributed by atoms with Gasteiger partial charge in [-0.3, -0.25) is 4.79 Å². The summed E-state index contributed by atoms with van der Waals surface area (Å²) in [6, 6.07) is 10.2. The number of rotatable bonds is 5. The van der Waals surface area contributed by atoms with Crippen LogP contribution in [-0.4, -0.2) is 28.5 Å². The largest absolute Gasteiger partial charge is 0.351 e. The molecule has 0 saturated carbocycles. The minimum Gasteiger partial charge on any atom is -0.351 e. The van der Waals surface area contributed by atoms with Gasteiger partial charge in [0.15, 0.2) is 0 Å². The number of anilines is 2. The zero-order valence-corrected chi connectivity index (χ0v) is 13.6. The molecule has 3 rings (SSSR count). The molecule has 0 fully saturated rings. The van der Waals surface area contributed by atoms with Crippen LogP contribution in [0, 0.1) is 0 Å². The molecule has 0 spiro atoms. The van der Waals surface area contributed by atoms with Crippen LogP contribution < -0.4 is 10.2 Å². The number of carbonyl (C=O) groups is 1. The molecule has 2 heterocycles. The predicted octanol–water partition coefficient (Wildman–Crippen LogP) is 3.09. The van der Waals surface area contributed by atoms with Gasteiger partial charge in [-0.05, 0) is 37.5 Å².